The summed E-state index contributed by atoms with van der Waals surface area (Å²) >= 11 is 0. The second kappa shape index (κ2) is 4.23. The lowest BCUT2D eigenvalue weighted by atomic mass is 10.0. The van der Waals surface area contributed by atoms with E-state index in [2.05, 4.69) is 5.32 Å². The molecule has 1 saturated heterocycles. The Kier molecular flexibility index (Phi) is 2.69. The summed E-state index contributed by atoms with van der Waals surface area (Å²) in [5, 5.41) is 2.67. The molecule has 0 spiro atoms. The molecule has 1 N–H and O–H groups in total. The zero-order chi connectivity index (χ0) is 12.7. The van der Waals surface area contributed by atoms with Crippen molar-refractivity contribution in [3.05, 3.63) is 23.8 Å². The fourth-order valence-electron chi connectivity index (χ4n) is 2.79. The molecule has 2 heterocycles. The van der Waals surface area contributed by atoms with Crippen LogP contribution in [0.15, 0.2) is 12.1 Å². The second-order valence-corrected chi connectivity index (χ2v) is 4.81. The highest BCUT2D eigenvalue weighted by Gasteiger charge is 2.36. The summed E-state index contributed by atoms with van der Waals surface area (Å²) in [6.45, 7) is 0.603. The van der Waals surface area contributed by atoms with E-state index in [9.17, 15) is 13.6 Å². The van der Waals surface area contributed by atoms with Gasteiger partial charge in [-0.1, -0.05) is 12.8 Å². The minimum absolute atomic E-state index is 0.115. The highest BCUT2D eigenvalue weighted by Crippen LogP contribution is 2.38. The van der Waals surface area contributed by atoms with E-state index in [1.165, 1.54) is 6.07 Å². The molecule has 0 radical (unpaired) electrons. The highest BCUT2D eigenvalue weighted by molar-refractivity contribution is 6.03. The van der Waals surface area contributed by atoms with Crippen molar-refractivity contribution in [2.24, 2.45) is 0 Å². The van der Waals surface area contributed by atoms with Crippen LogP contribution in [0.25, 0.3) is 0 Å². The van der Waals surface area contributed by atoms with Gasteiger partial charge in [-0.15, -0.1) is 0 Å². The molecular formula is C13H14F2N2O. The van der Waals surface area contributed by atoms with Crippen molar-refractivity contribution in [2.45, 2.75) is 31.7 Å². The van der Waals surface area contributed by atoms with Gasteiger partial charge in [0.25, 0.3) is 0 Å². The highest BCUT2D eigenvalue weighted by atomic mass is 19.2. The summed E-state index contributed by atoms with van der Waals surface area (Å²) in [5.74, 6) is -1.84. The van der Waals surface area contributed by atoms with E-state index < -0.39 is 11.6 Å². The number of fused-ring (bicyclic) bond motifs is 3. The molecule has 2 aliphatic rings. The number of anilines is 2. The maximum Gasteiger partial charge on any atom is 0.247 e. The van der Waals surface area contributed by atoms with Crippen molar-refractivity contribution in [3.63, 3.8) is 0 Å². The average Bonchev–Trinajstić information content (AvgIpc) is 2.60. The molecule has 3 rings (SSSR count). The largest absolute Gasteiger partial charge is 0.355 e. The van der Waals surface area contributed by atoms with Gasteiger partial charge < -0.3 is 10.2 Å². The van der Waals surface area contributed by atoms with Crippen molar-refractivity contribution >= 4 is 17.3 Å². The Hall–Kier alpha value is -1.65. The molecule has 18 heavy (non-hydrogen) atoms. The quantitative estimate of drug-likeness (QED) is 0.770. The lowest BCUT2D eigenvalue weighted by Crippen LogP contribution is -2.48. The number of nitrogens with one attached hydrogen (secondary N) is 1. The topological polar surface area (TPSA) is 32.3 Å². The molecule has 5 heteroatoms. The fourth-order valence-corrected chi connectivity index (χ4v) is 2.79. The van der Waals surface area contributed by atoms with Gasteiger partial charge in [0.2, 0.25) is 5.91 Å². The third kappa shape index (κ3) is 1.65. The number of benzene rings is 1. The van der Waals surface area contributed by atoms with Crippen LogP contribution in [0.2, 0.25) is 0 Å². The molecule has 0 bridgehead atoms. The third-order valence-corrected chi connectivity index (χ3v) is 3.67. The number of hydrogen-bond donors (Lipinski definition) is 1. The number of carbonyl (C=O) groups excluding carboxylic acids is 1. The van der Waals surface area contributed by atoms with Gasteiger partial charge >= 0.3 is 0 Å². The van der Waals surface area contributed by atoms with Gasteiger partial charge in [0.15, 0.2) is 11.6 Å². The van der Waals surface area contributed by atoms with Crippen LogP contribution in [-0.4, -0.2) is 18.5 Å². The minimum atomic E-state index is -0.868. The summed E-state index contributed by atoms with van der Waals surface area (Å²) in [5.41, 5.74) is 0.582. The van der Waals surface area contributed by atoms with Crippen LogP contribution < -0.4 is 10.2 Å². The molecule has 3 nitrogen and oxygen atoms in total. The molecule has 1 unspecified atom stereocenters. The lowest BCUT2D eigenvalue weighted by molar-refractivity contribution is -0.117. The zero-order valence-electron chi connectivity index (χ0n) is 9.88. The molecular weight excluding hydrogens is 238 g/mol. The first-order valence-corrected chi connectivity index (χ1v) is 6.24. The van der Waals surface area contributed by atoms with E-state index in [1.807, 2.05) is 0 Å². The van der Waals surface area contributed by atoms with Crippen LogP contribution in [0.4, 0.5) is 20.2 Å². The molecule has 2 aliphatic heterocycles. The summed E-state index contributed by atoms with van der Waals surface area (Å²) in [7, 11) is 0. The summed E-state index contributed by atoms with van der Waals surface area (Å²) in [6.07, 6.45) is 3.56. The first kappa shape index (κ1) is 11.4. The van der Waals surface area contributed by atoms with Crippen LogP contribution in [0.5, 0.6) is 0 Å². The number of halogens is 2. The predicted octanol–water partition coefficient (Wildman–Crippen LogP) is 2.67. The molecule has 0 aliphatic carbocycles. The second-order valence-electron chi connectivity index (χ2n) is 4.81. The summed E-state index contributed by atoms with van der Waals surface area (Å²) in [4.78, 5) is 13.7. The Labute approximate surface area is 104 Å². The van der Waals surface area contributed by atoms with Crippen LogP contribution in [0.1, 0.15) is 25.7 Å². The Morgan fingerprint density at radius 1 is 1.22 bits per heavy atom. The molecule has 0 saturated carbocycles. The number of rotatable bonds is 0. The van der Waals surface area contributed by atoms with Gasteiger partial charge in [0.1, 0.15) is 11.7 Å². The number of nitrogens with zero attached hydrogens (tertiary/aromatic N) is 1. The van der Waals surface area contributed by atoms with Gasteiger partial charge in [-0.25, -0.2) is 8.78 Å². The van der Waals surface area contributed by atoms with Crippen molar-refractivity contribution in [2.75, 3.05) is 16.8 Å². The van der Waals surface area contributed by atoms with E-state index in [4.69, 9.17) is 0 Å². The summed E-state index contributed by atoms with van der Waals surface area (Å²) < 4.78 is 27.3. The maximum absolute atomic E-state index is 13.9. The van der Waals surface area contributed by atoms with Gasteiger partial charge in [-0.05, 0) is 25.0 Å². The number of hydrogen-bond acceptors (Lipinski definition) is 2. The number of carbonyl (C=O) groups is 1. The monoisotopic (exact) mass is 252 g/mol. The van der Waals surface area contributed by atoms with Crippen molar-refractivity contribution < 1.29 is 13.6 Å². The Balaban J connectivity index is 2.12. The molecule has 1 fully saturated rings. The normalized spacial score (nSPS) is 22.9. The minimum Gasteiger partial charge on any atom is -0.355 e. The Bertz CT molecular complexity index is 504. The molecule has 1 aromatic carbocycles. The van der Waals surface area contributed by atoms with Crippen LogP contribution in [-0.2, 0) is 4.79 Å². The van der Waals surface area contributed by atoms with Gasteiger partial charge in [-0.2, -0.15) is 0 Å². The first-order valence-electron chi connectivity index (χ1n) is 6.24. The van der Waals surface area contributed by atoms with Crippen molar-refractivity contribution in [1.29, 1.82) is 0 Å². The summed E-state index contributed by atoms with van der Waals surface area (Å²) in [6, 6.07) is 2.11. The van der Waals surface area contributed by atoms with Gasteiger partial charge in [-0.3, -0.25) is 4.79 Å². The first-order chi connectivity index (χ1) is 8.68. The smallest absolute Gasteiger partial charge is 0.247 e. The average molecular weight is 252 g/mol. The predicted molar refractivity (Wildman–Crippen MR) is 64.6 cm³/mol. The molecule has 0 aromatic heterocycles. The van der Waals surface area contributed by atoms with E-state index in [1.54, 1.807) is 4.90 Å². The van der Waals surface area contributed by atoms with Gasteiger partial charge in [0, 0.05) is 6.54 Å². The molecule has 1 amide bonds. The SMILES string of the molecule is O=C1Nc2ccc(F)c(F)c2N2CCCCCC12. The van der Waals surface area contributed by atoms with E-state index in [-0.39, 0.29) is 17.6 Å². The standard InChI is InChI=1S/C13H14F2N2O/c14-8-5-6-9-12(11(8)15)17-7-3-1-2-4-10(17)13(18)16-9/h5-6,10H,1-4,7H2,(H,16,18). The molecule has 1 atom stereocenters. The number of amides is 1. The van der Waals surface area contributed by atoms with Crippen molar-refractivity contribution in [3.8, 4) is 0 Å². The third-order valence-electron chi connectivity index (χ3n) is 3.67. The van der Waals surface area contributed by atoms with E-state index >= 15 is 0 Å². The van der Waals surface area contributed by atoms with E-state index in [0.717, 1.165) is 25.3 Å². The zero-order valence-corrected chi connectivity index (χ0v) is 9.88. The maximum atomic E-state index is 13.9. The van der Waals surface area contributed by atoms with Crippen molar-refractivity contribution in [1.82, 2.24) is 0 Å². The van der Waals surface area contributed by atoms with Crippen LogP contribution in [0, 0.1) is 11.6 Å². The van der Waals surface area contributed by atoms with Crippen LogP contribution >= 0.6 is 0 Å². The Morgan fingerprint density at radius 3 is 2.89 bits per heavy atom. The lowest BCUT2D eigenvalue weighted by Gasteiger charge is -2.37. The molecule has 96 valence electrons. The molecule has 1 aromatic rings. The Morgan fingerprint density at radius 2 is 2.06 bits per heavy atom. The van der Waals surface area contributed by atoms with Crippen LogP contribution in [0.3, 0.4) is 0 Å². The fraction of sp³-hybridized carbons (Fsp3) is 0.462. The van der Waals surface area contributed by atoms with E-state index in [0.29, 0.717) is 18.7 Å². The van der Waals surface area contributed by atoms with Gasteiger partial charge in [0.05, 0.1) is 5.69 Å².